The van der Waals surface area contributed by atoms with Gasteiger partial charge in [0.2, 0.25) is 11.6 Å². The molecule has 43 heavy (non-hydrogen) atoms. The lowest BCUT2D eigenvalue weighted by atomic mass is 10.1. The van der Waals surface area contributed by atoms with Gasteiger partial charge in [-0.15, -0.1) is 0 Å². The fraction of sp³-hybridized carbons (Fsp3) is 0.226. The summed E-state index contributed by atoms with van der Waals surface area (Å²) in [7, 11) is 1.55. The molecule has 2 heterocycles. The van der Waals surface area contributed by atoms with Crippen LogP contribution in [0.1, 0.15) is 23.0 Å². The standard InChI is InChI=1S/C28H23BrF2N4O4.C3H9Si/c1-3-38-15-34-21-9-7-17(29)11-16(21)12-23(34)27(36)19-14-33-35(28(19)32)22-10-8-18(13-25(22)37-2)39-24-6-4-5-20(30)26(24)31;1-4(2)3/h4-14H,3,15,32H2,1-2H3;1-3H3. The summed E-state index contributed by atoms with van der Waals surface area (Å²) in [6, 6.07) is 15.8. The van der Waals surface area contributed by atoms with Crippen LogP contribution in [0.3, 0.4) is 0 Å². The van der Waals surface area contributed by atoms with Gasteiger partial charge >= 0.3 is 0 Å². The first-order valence-electron chi connectivity index (χ1n) is 13.4. The molecule has 3 aromatic carbocycles. The van der Waals surface area contributed by atoms with Crippen molar-refractivity contribution in [1.82, 2.24) is 14.3 Å². The highest BCUT2D eigenvalue weighted by Crippen LogP contribution is 2.34. The van der Waals surface area contributed by atoms with Crippen molar-refractivity contribution in [3.05, 3.63) is 94.2 Å². The number of halogens is 3. The number of aromatic nitrogens is 3. The molecule has 0 amide bonds. The third-order valence-electron chi connectivity index (χ3n) is 6.09. The van der Waals surface area contributed by atoms with Crippen molar-refractivity contribution in [2.75, 3.05) is 19.5 Å². The van der Waals surface area contributed by atoms with Crippen molar-refractivity contribution >= 4 is 47.2 Å². The number of hydrogen-bond acceptors (Lipinski definition) is 6. The molecule has 0 aliphatic carbocycles. The first kappa shape index (κ1) is 31.9. The Hall–Kier alpha value is -4.00. The number of anilines is 1. The number of nitrogens with two attached hydrogens (primary N) is 1. The van der Waals surface area contributed by atoms with Gasteiger partial charge in [0.1, 0.15) is 29.7 Å². The van der Waals surface area contributed by atoms with Gasteiger partial charge < -0.3 is 24.5 Å². The van der Waals surface area contributed by atoms with Gasteiger partial charge in [0.25, 0.3) is 0 Å². The maximum Gasteiger partial charge on any atom is 0.214 e. The summed E-state index contributed by atoms with van der Waals surface area (Å²) >= 11 is 3.47. The molecule has 0 aliphatic heterocycles. The van der Waals surface area contributed by atoms with Gasteiger partial charge in [0.05, 0.1) is 30.1 Å². The van der Waals surface area contributed by atoms with Crippen LogP contribution < -0.4 is 15.2 Å². The Kier molecular flexibility index (Phi) is 10.4. The molecule has 1 radical (unpaired) electrons. The van der Waals surface area contributed by atoms with Crippen LogP contribution in [-0.2, 0) is 11.5 Å². The fourth-order valence-corrected chi connectivity index (χ4v) is 4.58. The fourth-order valence-electron chi connectivity index (χ4n) is 4.20. The van der Waals surface area contributed by atoms with E-state index in [1.54, 1.807) is 16.7 Å². The maximum atomic E-state index is 14.1. The third-order valence-corrected chi connectivity index (χ3v) is 6.59. The lowest BCUT2D eigenvalue weighted by Gasteiger charge is -2.13. The second kappa shape index (κ2) is 14.0. The van der Waals surface area contributed by atoms with Gasteiger partial charge in [-0.2, -0.15) is 9.49 Å². The maximum absolute atomic E-state index is 14.1. The predicted molar refractivity (Wildman–Crippen MR) is 169 cm³/mol. The minimum absolute atomic E-state index is 0.0949. The Balaban J connectivity index is 0.000000996. The van der Waals surface area contributed by atoms with Crippen LogP contribution in [0.4, 0.5) is 14.6 Å². The number of ether oxygens (including phenoxy) is 3. The molecule has 0 atom stereocenters. The molecule has 2 N–H and O–H groups in total. The smallest absolute Gasteiger partial charge is 0.214 e. The molecule has 5 aromatic rings. The van der Waals surface area contributed by atoms with Crippen molar-refractivity contribution in [3.63, 3.8) is 0 Å². The monoisotopic (exact) mass is 669 g/mol. The topological polar surface area (TPSA) is 93.5 Å². The largest absolute Gasteiger partial charge is 0.494 e. The molecule has 2 aromatic heterocycles. The number of carbonyl (C=O) groups excluding carboxylic acids is 1. The normalized spacial score (nSPS) is 11.0. The van der Waals surface area contributed by atoms with Crippen LogP contribution >= 0.6 is 15.9 Å². The lowest BCUT2D eigenvalue weighted by Crippen LogP contribution is -2.13. The highest BCUT2D eigenvalue weighted by molar-refractivity contribution is 9.10. The molecule has 12 heteroatoms. The van der Waals surface area contributed by atoms with Crippen molar-refractivity contribution in [2.45, 2.75) is 33.3 Å². The van der Waals surface area contributed by atoms with E-state index in [0.29, 0.717) is 18.0 Å². The van der Waals surface area contributed by atoms with Crippen molar-refractivity contribution in [3.8, 4) is 22.9 Å². The Bertz CT molecular complexity index is 1750. The SMILES string of the molecule is CCOCn1c(C(=O)c2cnn(-c3ccc(Oc4cccc(F)c4F)cc3OC)c2N)cc2cc(Br)ccc21.C[Si](C)C. The summed E-state index contributed by atoms with van der Waals surface area (Å²) in [6.45, 7) is 9.36. The number of hydrogen-bond donors (Lipinski definition) is 1. The van der Waals surface area contributed by atoms with E-state index in [0.717, 1.165) is 21.4 Å². The molecular weight excluding hydrogens is 638 g/mol. The highest BCUT2D eigenvalue weighted by Gasteiger charge is 2.24. The summed E-state index contributed by atoms with van der Waals surface area (Å²) in [5.41, 5.74) is 8.27. The molecule has 0 saturated heterocycles. The zero-order chi connectivity index (χ0) is 31.3. The van der Waals surface area contributed by atoms with E-state index in [-0.39, 0.29) is 49.9 Å². The molecule has 0 saturated carbocycles. The first-order chi connectivity index (χ1) is 20.5. The summed E-state index contributed by atoms with van der Waals surface area (Å²) in [6.07, 6.45) is 1.39. The summed E-state index contributed by atoms with van der Waals surface area (Å²) in [4.78, 5) is 13.7. The second-order valence-electron chi connectivity index (χ2n) is 9.95. The number of nitrogen functional groups attached to an aromatic ring is 1. The third kappa shape index (κ3) is 7.15. The van der Waals surface area contributed by atoms with Gasteiger partial charge in [-0.1, -0.05) is 41.6 Å². The highest BCUT2D eigenvalue weighted by atomic mass is 79.9. The van der Waals surface area contributed by atoms with E-state index in [1.807, 2.05) is 25.1 Å². The molecule has 225 valence electrons. The molecule has 0 spiro atoms. The molecule has 0 fully saturated rings. The Morgan fingerprint density at radius 1 is 1.05 bits per heavy atom. The summed E-state index contributed by atoms with van der Waals surface area (Å²) in [5, 5.41) is 5.20. The number of benzene rings is 3. The molecule has 5 rings (SSSR count). The second-order valence-corrected chi connectivity index (χ2v) is 13.9. The van der Waals surface area contributed by atoms with E-state index in [9.17, 15) is 13.6 Å². The summed E-state index contributed by atoms with van der Waals surface area (Å²) < 4.78 is 48.3. The van der Waals surface area contributed by atoms with E-state index in [1.165, 1.54) is 42.3 Å². The molecule has 0 bridgehead atoms. The molecule has 0 aliphatic rings. The van der Waals surface area contributed by atoms with Crippen LogP contribution in [0.2, 0.25) is 19.6 Å². The van der Waals surface area contributed by atoms with E-state index in [4.69, 9.17) is 19.9 Å². The van der Waals surface area contributed by atoms with Gasteiger partial charge in [0, 0.05) is 31.3 Å². The zero-order valence-corrected chi connectivity index (χ0v) is 27.0. The van der Waals surface area contributed by atoms with Crippen LogP contribution in [0.5, 0.6) is 17.2 Å². The first-order valence-corrected chi connectivity index (χ1v) is 17.2. The number of carbonyl (C=O) groups is 1. The number of nitrogens with zero attached hydrogens (tertiary/aromatic N) is 3. The van der Waals surface area contributed by atoms with Crippen LogP contribution in [0.15, 0.2) is 71.3 Å². The zero-order valence-electron chi connectivity index (χ0n) is 24.5. The Labute approximate surface area is 258 Å². The minimum atomic E-state index is -1.10. The average Bonchev–Trinajstić information content (AvgIpc) is 3.53. The Morgan fingerprint density at radius 2 is 1.79 bits per heavy atom. The van der Waals surface area contributed by atoms with Crippen LogP contribution in [0.25, 0.3) is 16.6 Å². The number of ketones is 1. The van der Waals surface area contributed by atoms with Crippen LogP contribution in [-0.4, -0.2) is 42.6 Å². The Morgan fingerprint density at radius 3 is 2.49 bits per heavy atom. The average molecular weight is 671 g/mol. The predicted octanol–water partition coefficient (Wildman–Crippen LogP) is 7.85. The lowest BCUT2D eigenvalue weighted by molar-refractivity contribution is 0.0847. The number of fused-ring (bicyclic) bond motifs is 1. The number of methoxy groups -OCH3 is 1. The van der Waals surface area contributed by atoms with Gasteiger partial charge in [-0.3, -0.25) is 4.79 Å². The molecular formula is C31H32BrF2N4O4Si. The van der Waals surface area contributed by atoms with E-state index < -0.39 is 11.6 Å². The van der Waals surface area contributed by atoms with E-state index in [2.05, 4.69) is 40.7 Å². The minimum Gasteiger partial charge on any atom is -0.494 e. The van der Waals surface area contributed by atoms with Crippen molar-refractivity contribution in [2.24, 2.45) is 0 Å². The molecule has 0 unspecified atom stereocenters. The summed E-state index contributed by atoms with van der Waals surface area (Å²) in [5.74, 6) is -2.14. The quantitative estimate of drug-likeness (QED) is 0.127. The number of rotatable bonds is 9. The van der Waals surface area contributed by atoms with Crippen molar-refractivity contribution in [1.29, 1.82) is 0 Å². The van der Waals surface area contributed by atoms with Crippen molar-refractivity contribution < 1.29 is 27.8 Å². The van der Waals surface area contributed by atoms with Crippen LogP contribution in [0, 0.1) is 11.6 Å². The van der Waals surface area contributed by atoms with E-state index >= 15 is 0 Å². The van der Waals surface area contributed by atoms with Gasteiger partial charge in [-0.05, 0) is 55.5 Å². The molecule has 8 nitrogen and oxygen atoms in total. The van der Waals surface area contributed by atoms with Gasteiger partial charge in [-0.25, -0.2) is 9.07 Å². The van der Waals surface area contributed by atoms with Gasteiger partial charge in [0.15, 0.2) is 11.6 Å².